The van der Waals surface area contributed by atoms with Crippen LogP contribution in [0.5, 0.6) is 5.88 Å². The number of nitrogens with two attached hydrogens (primary N) is 2. The van der Waals surface area contributed by atoms with Gasteiger partial charge in [0.25, 0.3) is 11.8 Å². The van der Waals surface area contributed by atoms with Crippen molar-refractivity contribution in [2.24, 2.45) is 5.73 Å². The van der Waals surface area contributed by atoms with Gasteiger partial charge in [-0.3, -0.25) is 19.3 Å². The summed E-state index contributed by atoms with van der Waals surface area (Å²) >= 11 is 6.03. The Morgan fingerprint density at radius 3 is 2.53 bits per heavy atom. The largest absolute Gasteiger partial charge is 0.480 e. The average Bonchev–Trinajstić information content (AvgIpc) is 2.89. The number of hydrogen-bond donors (Lipinski definition) is 4. The topological polar surface area (TPSA) is 188 Å². The summed E-state index contributed by atoms with van der Waals surface area (Å²) in [5.41, 5.74) is 11.5. The molecule has 6 N–H and O–H groups in total. The van der Waals surface area contributed by atoms with E-state index in [0.29, 0.717) is 25.2 Å². The number of halogens is 1. The molecule has 0 bridgehead atoms. The van der Waals surface area contributed by atoms with E-state index in [2.05, 4.69) is 15.6 Å². The van der Waals surface area contributed by atoms with E-state index in [1.807, 2.05) is 4.90 Å². The molecule has 2 heterocycles. The number of anilines is 2. The summed E-state index contributed by atoms with van der Waals surface area (Å²) in [4.78, 5) is 54.0. The van der Waals surface area contributed by atoms with Crippen LogP contribution in [0.25, 0.3) is 0 Å². The Hall–Kier alpha value is -3.94. The molecule has 204 valence electrons. The predicted octanol–water partition coefficient (Wildman–Crippen LogP) is 0.426. The lowest BCUT2D eigenvalue weighted by molar-refractivity contribution is -0.121. The summed E-state index contributed by atoms with van der Waals surface area (Å²) in [5.74, 6) is -2.04. The summed E-state index contributed by atoms with van der Waals surface area (Å²) in [6.07, 6.45) is 0.146. The van der Waals surface area contributed by atoms with Crippen LogP contribution in [0.3, 0.4) is 0 Å². The molecule has 1 fully saturated rings. The number of carbonyl (C=O) groups excluding carboxylic acids is 4. The second kappa shape index (κ2) is 13.0. The Labute approximate surface area is 223 Å². The molecular formula is C24H29ClN6O7. The molecule has 1 aliphatic rings. The smallest absolute Gasteiger partial charge is 0.338 e. The fourth-order valence-corrected chi connectivity index (χ4v) is 4.04. The molecule has 0 radical (unpaired) electrons. The van der Waals surface area contributed by atoms with E-state index in [-0.39, 0.29) is 52.4 Å². The number of rotatable bonds is 10. The minimum Gasteiger partial charge on any atom is -0.480 e. The molecule has 1 aliphatic heterocycles. The van der Waals surface area contributed by atoms with Crippen LogP contribution in [-0.2, 0) is 19.1 Å². The van der Waals surface area contributed by atoms with Gasteiger partial charge < -0.3 is 36.3 Å². The van der Waals surface area contributed by atoms with Crippen molar-refractivity contribution >= 4 is 46.8 Å². The molecule has 2 atom stereocenters. The van der Waals surface area contributed by atoms with E-state index < -0.39 is 24.4 Å². The average molecular weight is 549 g/mol. The van der Waals surface area contributed by atoms with Crippen molar-refractivity contribution < 1.29 is 33.4 Å². The quantitative estimate of drug-likeness (QED) is 0.303. The molecular weight excluding hydrogens is 520 g/mol. The number of primary amides is 1. The fourth-order valence-electron chi connectivity index (χ4n) is 3.89. The maximum Gasteiger partial charge on any atom is 0.338 e. The van der Waals surface area contributed by atoms with Gasteiger partial charge in [-0.25, -0.2) is 4.79 Å². The first-order valence-corrected chi connectivity index (χ1v) is 11.9. The van der Waals surface area contributed by atoms with Gasteiger partial charge in [0.2, 0.25) is 11.8 Å². The lowest BCUT2D eigenvalue weighted by Gasteiger charge is -2.37. The van der Waals surface area contributed by atoms with E-state index in [9.17, 15) is 19.2 Å². The highest BCUT2D eigenvalue weighted by molar-refractivity contribution is 6.33. The molecule has 0 saturated carbocycles. The standard InChI is InChI=1S/C24H29ClN6O7/c1-36-18-10-31(8-7-17(18)29-22(34)15-9-16(25)21(27)30-23(15)37-2)11-20(33)28-14-5-3-13(4-6-14)24(35)38-12-19(26)32/h3-6,9,17-18H,7-8,10-12H2,1-2H3,(H2,26,32)(H2,27,30)(H,28,33)(H,29,34)/t17-,18+/m1/s1. The number of ether oxygens (including phenoxy) is 3. The zero-order valence-electron chi connectivity index (χ0n) is 20.9. The number of likely N-dealkylation sites (tertiary alicyclic amines) is 1. The lowest BCUT2D eigenvalue weighted by Crippen LogP contribution is -2.55. The second-order valence-electron chi connectivity index (χ2n) is 8.46. The van der Waals surface area contributed by atoms with Crippen molar-refractivity contribution in [1.82, 2.24) is 15.2 Å². The van der Waals surface area contributed by atoms with Gasteiger partial charge in [-0.1, -0.05) is 11.6 Å². The van der Waals surface area contributed by atoms with Gasteiger partial charge in [0.15, 0.2) is 6.61 Å². The number of nitrogen functional groups attached to an aromatic ring is 1. The van der Waals surface area contributed by atoms with Crippen molar-refractivity contribution in [3.05, 3.63) is 46.5 Å². The summed E-state index contributed by atoms with van der Waals surface area (Å²) in [7, 11) is 2.91. The molecule has 3 amide bonds. The number of esters is 1. The van der Waals surface area contributed by atoms with Crippen molar-refractivity contribution in [3.8, 4) is 5.88 Å². The van der Waals surface area contributed by atoms with Crippen LogP contribution >= 0.6 is 11.6 Å². The summed E-state index contributed by atoms with van der Waals surface area (Å²) in [5, 5.41) is 5.83. The van der Waals surface area contributed by atoms with E-state index in [4.69, 9.17) is 37.3 Å². The molecule has 0 unspecified atom stereocenters. The molecule has 1 aromatic heterocycles. The lowest BCUT2D eigenvalue weighted by atomic mass is 10.0. The number of methoxy groups -OCH3 is 2. The Morgan fingerprint density at radius 1 is 1.18 bits per heavy atom. The predicted molar refractivity (Wildman–Crippen MR) is 138 cm³/mol. The number of pyridine rings is 1. The van der Waals surface area contributed by atoms with Gasteiger partial charge in [0.05, 0.1) is 36.4 Å². The van der Waals surface area contributed by atoms with Gasteiger partial charge in [-0.15, -0.1) is 0 Å². The maximum atomic E-state index is 12.9. The summed E-state index contributed by atoms with van der Waals surface area (Å²) in [6.45, 7) is 0.508. The van der Waals surface area contributed by atoms with Gasteiger partial charge >= 0.3 is 5.97 Å². The van der Waals surface area contributed by atoms with E-state index in [1.165, 1.54) is 32.4 Å². The van der Waals surface area contributed by atoms with Gasteiger partial charge in [-0.05, 0) is 36.8 Å². The van der Waals surface area contributed by atoms with E-state index >= 15 is 0 Å². The number of hydrogen-bond acceptors (Lipinski definition) is 10. The first-order valence-electron chi connectivity index (χ1n) is 11.5. The number of piperidine rings is 1. The van der Waals surface area contributed by atoms with Crippen LogP contribution in [0.2, 0.25) is 5.02 Å². The number of carbonyl (C=O) groups is 4. The number of nitrogens with one attached hydrogen (secondary N) is 2. The first-order chi connectivity index (χ1) is 18.1. The van der Waals surface area contributed by atoms with Gasteiger partial charge in [-0.2, -0.15) is 4.98 Å². The Morgan fingerprint density at radius 2 is 1.89 bits per heavy atom. The minimum atomic E-state index is -0.756. The van der Waals surface area contributed by atoms with Crippen LogP contribution in [-0.4, -0.2) is 86.2 Å². The minimum absolute atomic E-state index is 0.0556. The molecule has 1 saturated heterocycles. The van der Waals surface area contributed by atoms with Crippen molar-refractivity contribution in [3.63, 3.8) is 0 Å². The SMILES string of the molecule is COc1nc(N)c(Cl)cc1C(=O)N[C@@H]1CCN(CC(=O)Nc2ccc(C(=O)OCC(N)=O)cc2)C[C@@H]1OC. The first kappa shape index (κ1) is 28.6. The van der Waals surface area contributed by atoms with Crippen LogP contribution in [0.1, 0.15) is 27.1 Å². The van der Waals surface area contributed by atoms with Crippen molar-refractivity contribution in [1.29, 1.82) is 0 Å². The monoisotopic (exact) mass is 548 g/mol. The molecule has 0 spiro atoms. The highest BCUT2D eigenvalue weighted by Crippen LogP contribution is 2.25. The van der Waals surface area contributed by atoms with Gasteiger partial charge in [0.1, 0.15) is 11.4 Å². The normalized spacial score (nSPS) is 17.3. The van der Waals surface area contributed by atoms with Crippen molar-refractivity contribution in [2.75, 3.05) is 51.5 Å². The van der Waals surface area contributed by atoms with Gasteiger partial charge in [0, 0.05) is 25.9 Å². The molecule has 38 heavy (non-hydrogen) atoms. The number of aromatic nitrogens is 1. The summed E-state index contributed by atoms with van der Waals surface area (Å²) < 4.78 is 15.5. The molecule has 3 rings (SSSR count). The molecule has 14 heteroatoms. The van der Waals surface area contributed by atoms with Crippen molar-refractivity contribution in [2.45, 2.75) is 18.6 Å². The Kier molecular flexibility index (Phi) is 9.82. The number of benzene rings is 1. The highest BCUT2D eigenvalue weighted by atomic mass is 35.5. The summed E-state index contributed by atoms with van der Waals surface area (Å²) in [6, 6.07) is 7.10. The van der Waals surface area contributed by atoms with Crippen LogP contribution in [0, 0.1) is 0 Å². The molecule has 13 nitrogen and oxygen atoms in total. The molecule has 1 aromatic carbocycles. The highest BCUT2D eigenvalue weighted by Gasteiger charge is 2.32. The molecule has 2 aromatic rings. The zero-order chi connectivity index (χ0) is 27.8. The third kappa shape index (κ3) is 7.54. The third-order valence-electron chi connectivity index (χ3n) is 5.79. The Bertz CT molecular complexity index is 1190. The number of amides is 3. The third-order valence-corrected chi connectivity index (χ3v) is 6.09. The molecule has 0 aliphatic carbocycles. The van der Waals surface area contributed by atoms with Crippen LogP contribution < -0.4 is 26.8 Å². The van der Waals surface area contributed by atoms with E-state index in [0.717, 1.165) is 0 Å². The zero-order valence-corrected chi connectivity index (χ0v) is 21.6. The van der Waals surface area contributed by atoms with Crippen LogP contribution in [0.15, 0.2) is 30.3 Å². The fraction of sp³-hybridized carbons (Fsp3) is 0.375. The maximum absolute atomic E-state index is 12.9. The van der Waals surface area contributed by atoms with E-state index in [1.54, 1.807) is 12.1 Å². The Balaban J connectivity index is 1.53. The second-order valence-corrected chi connectivity index (χ2v) is 8.87. The number of nitrogens with zero attached hydrogens (tertiary/aromatic N) is 2. The van der Waals surface area contributed by atoms with Crippen LogP contribution in [0.4, 0.5) is 11.5 Å².